The van der Waals surface area contributed by atoms with Crippen molar-refractivity contribution in [2.45, 2.75) is 205 Å². The first-order chi connectivity index (χ1) is 59.9. The summed E-state index contributed by atoms with van der Waals surface area (Å²) in [7, 11) is 3.18. The fraction of sp³-hybridized carbons (Fsp3) is 0.456. The summed E-state index contributed by atoms with van der Waals surface area (Å²) in [5.74, 6) is -12.3. The van der Waals surface area contributed by atoms with Crippen LogP contribution in [0.5, 0.6) is 11.5 Å². The summed E-state index contributed by atoms with van der Waals surface area (Å²) < 4.78 is 15.4. The molecule has 14 rings (SSSR count). The number of Topliss-reactive ketones (excluding diaryl/α,β-unsaturated/α-hetero) is 1. The monoisotopic (exact) mass is 1750 g/mol. The third kappa shape index (κ3) is 24.5. The molecular weight excluding hydrogens is 1640 g/mol. The van der Waals surface area contributed by atoms with E-state index in [2.05, 4.69) is 68.5 Å². The Morgan fingerprint density at radius 1 is 0.532 bits per heavy atom. The van der Waals surface area contributed by atoms with Crippen LogP contribution in [0.4, 0.5) is 0 Å². The summed E-state index contributed by atoms with van der Waals surface area (Å²) in [4.78, 5) is 191. The fourth-order valence-electron chi connectivity index (χ4n) is 15.5. The largest absolute Gasteiger partial charge is 0.487 e. The summed E-state index contributed by atoms with van der Waals surface area (Å²) in [6, 6.07) is 22.6. The average Bonchev–Trinajstić information content (AvgIpc) is 1.63. The first kappa shape index (κ1) is 94.0. The molecule has 2 aromatic heterocycles. The number of ketones is 1. The number of nitrogens with one attached hydrogen (secondary N) is 9. The molecule has 0 spiro atoms. The molecule has 12 bridgehead atoms. The number of fused-ring (bicyclic) bond motifs is 2. The van der Waals surface area contributed by atoms with Crippen LogP contribution < -0.4 is 57.3 Å². The number of nitrogens with zero attached hydrogens (tertiary/aromatic N) is 8. The van der Waals surface area contributed by atoms with Gasteiger partial charge in [0.05, 0.1) is 54.9 Å². The van der Waals surface area contributed by atoms with Crippen LogP contribution in [0.15, 0.2) is 146 Å². The van der Waals surface area contributed by atoms with E-state index in [-0.39, 0.29) is 88.4 Å². The second-order valence-corrected chi connectivity index (χ2v) is 35.6. The van der Waals surface area contributed by atoms with Gasteiger partial charge in [-0.2, -0.15) is 11.8 Å². The van der Waals surface area contributed by atoms with Crippen LogP contribution >= 0.6 is 11.8 Å². The van der Waals surface area contributed by atoms with E-state index in [4.69, 9.17) is 9.47 Å². The molecule has 670 valence electrons. The van der Waals surface area contributed by atoms with Crippen LogP contribution in [-0.4, -0.2) is 238 Å². The minimum Gasteiger partial charge on any atom is -0.487 e. The number of carboxylic acid groups (broad SMARTS) is 3. The van der Waals surface area contributed by atoms with Crippen molar-refractivity contribution in [1.29, 1.82) is 0 Å². The van der Waals surface area contributed by atoms with Gasteiger partial charge in [0.25, 0.3) is 0 Å². The molecule has 0 saturated carbocycles. The quantitative estimate of drug-likeness (QED) is 0.0417. The van der Waals surface area contributed by atoms with Gasteiger partial charge in [-0.05, 0) is 138 Å². The van der Waals surface area contributed by atoms with Gasteiger partial charge in [0.2, 0.25) is 53.2 Å². The molecule has 6 aliphatic heterocycles. The molecule has 0 unspecified atom stereocenters. The number of rotatable bonds is 23. The van der Waals surface area contributed by atoms with E-state index < -0.39 is 185 Å². The Morgan fingerprint density at radius 2 is 0.984 bits per heavy atom. The highest BCUT2D eigenvalue weighted by Crippen LogP contribution is 2.35. The van der Waals surface area contributed by atoms with Crippen molar-refractivity contribution in [3.05, 3.63) is 179 Å². The average molecular weight is 1750 g/mol. The molecule has 126 heavy (non-hydrogen) atoms. The number of carboxylic acids is 3. The van der Waals surface area contributed by atoms with Crippen molar-refractivity contribution in [1.82, 2.24) is 87.6 Å². The van der Waals surface area contributed by atoms with Crippen molar-refractivity contribution in [2.24, 2.45) is 16.7 Å². The molecule has 2 fully saturated rings. The summed E-state index contributed by atoms with van der Waals surface area (Å²) >= 11 is 1.30. The van der Waals surface area contributed by atoms with Gasteiger partial charge in [0, 0.05) is 45.2 Å². The standard InChI is InChI=1S/C90H111N17O18S/c1-50(91-9)78(111)98-76(89(3,4)5)85(118)104-46-63-41-72(104)83(116)94-68(38-54-20-26-56-16-12-14-18-58(56)35-54)74(108)40-60(87(120)121)34-52-22-28-65(29-23-52)124-48-61-45-107(103-100-61)64-42-73(105(47-64)86(119)77(90(6,7)8)99-79(112)51(2)92-10)84(117)97-70(39-55-21-27-57-17-13-15-19-59(57)36-55)81(114)95-69(37-53-24-30-66(31-25-53)125-49-62-44-106(63)102-101-62)80(113)96-71(43-75(109)110)82(115)93-67(88(122)123)32-33-126-11/h12-31,35-36,44-45,50-51,60,63-64,67-73,76-77,91-92H,32-34,37-43,46-49H2,1-11H3,(H,93,115)(H,94,116)(H,95,114)(H,96,113)(H,97,117)(H,98,111)(H,99,112)(H,109,110)(H,120,121)(H,122,123)/t50-,51-,60+,63-,64-,67+,68-,69-,70-,71-,72-,73-,76+,77+/m0/s1. The molecule has 6 aromatic carbocycles. The highest BCUT2D eigenvalue weighted by Gasteiger charge is 2.49. The summed E-state index contributed by atoms with van der Waals surface area (Å²) in [5.41, 5.74) is 0.738. The zero-order valence-corrected chi connectivity index (χ0v) is 73.1. The van der Waals surface area contributed by atoms with Gasteiger partial charge in [0.1, 0.15) is 84.4 Å². The molecule has 6 aliphatic rings. The van der Waals surface area contributed by atoms with E-state index in [9.17, 15) is 44.1 Å². The zero-order valence-electron chi connectivity index (χ0n) is 72.3. The number of hydrogen-bond acceptors (Lipinski definition) is 22. The van der Waals surface area contributed by atoms with Gasteiger partial charge in [-0.15, -0.1) is 10.2 Å². The molecule has 8 aromatic rings. The van der Waals surface area contributed by atoms with Crippen molar-refractivity contribution < 1.29 is 87.1 Å². The van der Waals surface area contributed by atoms with Crippen LogP contribution in [0, 0.1) is 16.7 Å². The number of amides is 9. The van der Waals surface area contributed by atoms with Gasteiger partial charge >= 0.3 is 17.9 Å². The minimum absolute atomic E-state index is 0.0603. The van der Waals surface area contributed by atoms with Crippen LogP contribution in [0.3, 0.4) is 0 Å². The molecular formula is C90H111N17O18S. The normalized spacial score (nSPS) is 20.8. The molecule has 0 aliphatic carbocycles. The van der Waals surface area contributed by atoms with Gasteiger partial charge < -0.3 is 82.4 Å². The SMILES string of the molecule is CN[C@@H](C)C(=O)N[C@H](C(=O)N1C[C@@H]2C[C@H]1C(=O)N[C@@H](Cc1ccc3ccccc3c1)C(=O)C[C@H](C(=O)O)Cc1ccc(cc1)OCc1cn(nn1)[C@H]1C[C@@H](C(=O)N[C@@H](Cc3ccc4ccccc4c3)C(=O)N[C@H](C(=O)N[C@@H](CC(=O)O)C(=O)N[C@H](CCSC)C(=O)O)Cc3ccc(cc3)OCc3cn2nn3)N(C(=O)[C@@H](NC(=O)[C@H](C)NC)C(C)(C)C)C1)C(C)(C)C. The van der Waals surface area contributed by atoms with Gasteiger partial charge in [0.15, 0.2) is 5.78 Å². The molecule has 35 nitrogen and oxygen atoms in total. The number of aliphatic carboxylic acids is 3. The maximum absolute atomic E-state index is 15.7. The van der Waals surface area contributed by atoms with Gasteiger partial charge in [-0.1, -0.05) is 161 Å². The minimum atomic E-state index is -1.90. The lowest BCUT2D eigenvalue weighted by Gasteiger charge is -2.36. The summed E-state index contributed by atoms with van der Waals surface area (Å²) in [5, 5.41) is 77.3. The Labute approximate surface area is 733 Å². The van der Waals surface area contributed by atoms with E-state index in [1.807, 2.05) is 78.9 Å². The second kappa shape index (κ2) is 41.9. The number of likely N-dealkylation sites (tertiary alicyclic amines) is 2. The third-order valence-corrected chi connectivity index (χ3v) is 23.7. The predicted octanol–water partition coefficient (Wildman–Crippen LogP) is 4.58. The highest BCUT2D eigenvalue weighted by atomic mass is 32.2. The maximum atomic E-state index is 15.7. The smallest absolute Gasteiger partial charge is 0.326 e. The van der Waals surface area contributed by atoms with Crippen molar-refractivity contribution in [2.75, 3.05) is 39.2 Å². The first-order valence-electron chi connectivity index (χ1n) is 41.9. The number of benzene rings is 6. The van der Waals surface area contributed by atoms with Crippen LogP contribution in [0.25, 0.3) is 21.5 Å². The fourth-order valence-corrected chi connectivity index (χ4v) is 16.0. The zero-order chi connectivity index (χ0) is 91.0. The number of likely N-dealkylation sites (N-methyl/N-ethyl adjacent to an activating group) is 2. The third-order valence-electron chi connectivity index (χ3n) is 23.1. The van der Waals surface area contributed by atoms with Crippen molar-refractivity contribution in [3.63, 3.8) is 0 Å². The summed E-state index contributed by atoms with van der Waals surface area (Å²) in [6.45, 7) is 13.1. The lowest BCUT2D eigenvalue weighted by Crippen LogP contribution is -2.61. The lowest BCUT2D eigenvalue weighted by molar-refractivity contribution is -0.145. The van der Waals surface area contributed by atoms with E-state index in [1.54, 1.807) is 143 Å². The number of ether oxygens (including phenoxy) is 2. The molecule has 36 heteroatoms. The molecule has 2 saturated heterocycles. The lowest BCUT2D eigenvalue weighted by atomic mass is 9.85. The van der Waals surface area contributed by atoms with Crippen molar-refractivity contribution >= 4 is 110 Å². The Kier molecular flexibility index (Phi) is 31.2. The maximum Gasteiger partial charge on any atom is 0.326 e. The van der Waals surface area contributed by atoms with E-state index in [0.29, 0.717) is 33.7 Å². The number of hydrogen-bond donors (Lipinski definition) is 12. The number of thioether (sulfide) groups is 1. The first-order valence-corrected chi connectivity index (χ1v) is 43.3. The Morgan fingerprint density at radius 3 is 1.42 bits per heavy atom. The van der Waals surface area contributed by atoms with Gasteiger partial charge in [-0.25, -0.2) is 14.2 Å². The van der Waals surface area contributed by atoms with Crippen LogP contribution in [0.2, 0.25) is 0 Å². The Bertz CT molecular complexity index is 5300. The molecule has 9 amide bonds. The van der Waals surface area contributed by atoms with Crippen LogP contribution in [0.1, 0.15) is 133 Å². The Balaban J connectivity index is 0.972. The second-order valence-electron chi connectivity index (χ2n) is 34.6. The Hall–Kier alpha value is -12.7. The topological polar surface area (TPSA) is 477 Å². The summed E-state index contributed by atoms with van der Waals surface area (Å²) in [6.07, 6.45) is 2.23. The molecule has 8 heterocycles. The van der Waals surface area contributed by atoms with E-state index in [1.165, 1.54) is 30.9 Å². The number of carbonyl (C=O) groups is 13. The van der Waals surface area contributed by atoms with Gasteiger partial charge in [-0.3, -0.25) is 57.5 Å². The highest BCUT2D eigenvalue weighted by molar-refractivity contribution is 7.98. The molecule has 12 N–H and O–H groups in total. The molecule has 14 atom stereocenters. The van der Waals surface area contributed by atoms with E-state index in [0.717, 1.165) is 21.5 Å². The van der Waals surface area contributed by atoms with E-state index >= 15 is 33.6 Å². The predicted molar refractivity (Wildman–Crippen MR) is 466 cm³/mol. The van der Waals surface area contributed by atoms with Crippen LogP contribution in [-0.2, 0) is 101 Å². The molecule has 0 radical (unpaired) electrons. The van der Waals surface area contributed by atoms with Crippen molar-refractivity contribution in [3.8, 4) is 11.5 Å². The number of carbonyl (C=O) groups excluding carboxylic acids is 10. The number of aromatic nitrogens is 6.